The largest absolute Gasteiger partial charge is 0.452 e. The molecule has 0 spiro atoms. The molecule has 3 rings (SSSR count). The van der Waals surface area contributed by atoms with E-state index in [2.05, 4.69) is 10.1 Å². The second-order valence-electron chi connectivity index (χ2n) is 4.42. The molecule has 0 amide bonds. The van der Waals surface area contributed by atoms with Gasteiger partial charge in [-0.3, -0.25) is 0 Å². The van der Waals surface area contributed by atoms with Crippen LogP contribution in [0, 0.1) is 0 Å². The zero-order valence-corrected chi connectivity index (χ0v) is 12.2. The van der Waals surface area contributed by atoms with Crippen LogP contribution in [0.3, 0.4) is 0 Å². The summed E-state index contributed by atoms with van der Waals surface area (Å²) in [5.74, 6) is 0.234. The van der Waals surface area contributed by atoms with Gasteiger partial charge >= 0.3 is 5.97 Å². The number of aromatic nitrogens is 2. The van der Waals surface area contributed by atoms with Crippen LogP contribution in [0.2, 0.25) is 0 Å². The summed E-state index contributed by atoms with van der Waals surface area (Å²) in [7, 11) is 0. The Labute approximate surface area is 130 Å². The van der Waals surface area contributed by atoms with E-state index in [1.54, 1.807) is 24.3 Å². The van der Waals surface area contributed by atoms with E-state index in [9.17, 15) is 4.79 Å². The summed E-state index contributed by atoms with van der Waals surface area (Å²) in [5, 5.41) is 14.7. The third-order valence-electron chi connectivity index (χ3n) is 2.91. The molecule has 0 fully saturated rings. The van der Waals surface area contributed by atoms with Crippen molar-refractivity contribution in [1.82, 2.24) is 10.1 Å². The monoisotopic (exact) mass is 316 g/mol. The van der Waals surface area contributed by atoms with Gasteiger partial charge in [0.1, 0.15) is 0 Å². The zero-order chi connectivity index (χ0) is 15.4. The van der Waals surface area contributed by atoms with E-state index >= 15 is 0 Å². The fourth-order valence-corrected chi connectivity index (χ4v) is 2.43. The molecule has 1 aromatic carbocycles. The van der Waals surface area contributed by atoms with Crippen molar-refractivity contribution in [3.63, 3.8) is 0 Å². The van der Waals surface area contributed by atoms with Crippen LogP contribution in [0.25, 0.3) is 10.7 Å². The Morgan fingerprint density at radius 2 is 2.09 bits per heavy atom. The van der Waals surface area contributed by atoms with Gasteiger partial charge in [0.2, 0.25) is 5.82 Å². The number of carbonyl (C=O) groups excluding carboxylic acids is 1. The first kappa shape index (κ1) is 14.4. The number of aliphatic hydroxyl groups is 1. The minimum absolute atomic E-state index is 0.0667. The maximum Gasteiger partial charge on any atom is 0.338 e. The molecule has 0 saturated heterocycles. The van der Waals surface area contributed by atoms with Crippen LogP contribution in [-0.2, 0) is 18.0 Å². The standard InChI is InChI=1S/C15H12N2O4S/c18-8-10-3-5-11(6-4-10)15(19)20-9-13-16-14(17-21-13)12-2-1-7-22-12/h1-7,18H,8-9H2. The molecular weight excluding hydrogens is 304 g/mol. The predicted octanol–water partition coefficient (Wildman–Crippen LogP) is 2.65. The third-order valence-corrected chi connectivity index (χ3v) is 3.77. The Hall–Kier alpha value is -2.51. The maximum atomic E-state index is 11.9. The Balaban J connectivity index is 1.61. The van der Waals surface area contributed by atoms with Gasteiger partial charge in [0.25, 0.3) is 5.89 Å². The SMILES string of the molecule is O=C(OCc1nc(-c2cccs2)no1)c1ccc(CO)cc1. The first-order valence-corrected chi connectivity index (χ1v) is 7.37. The molecule has 0 bridgehead atoms. The molecule has 22 heavy (non-hydrogen) atoms. The lowest BCUT2D eigenvalue weighted by Gasteiger charge is -2.02. The summed E-state index contributed by atoms with van der Waals surface area (Å²) >= 11 is 1.50. The van der Waals surface area contributed by atoms with Crippen LogP contribution in [0.15, 0.2) is 46.3 Å². The number of aliphatic hydroxyl groups excluding tert-OH is 1. The van der Waals surface area contributed by atoms with E-state index < -0.39 is 5.97 Å². The lowest BCUT2D eigenvalue weighted by atomic mass is 10.1. The number of rotatable bonds is 5. The number of ether oxygens (including phenoxy) is 1. The van der Waals surface area contributed by atoms with Crippen molar-refractivity contribution in [2.75, 3.05) is 0 Å². The molecule has 6 nitrogen and oxygen atoms in total. The van der Waals surface area contributed by atoms with Crippen molar-refractivity contribution in [2.45, 2.75) is 13.2 Å². The van der Waals surface area contributed by atoms with Gasteiger partial charge in [-0.05, 0) is 29.1 Å². The summed E-state index contributed by atoms with van der Waals surface area (Å²) in [6.07, 6.45) is 0. The van der Waals surface area contributed by atoms with Gasteiger partial charge in [-0.1, -0.05) is 23.4 Å². The van der Waals surface area contributed by atoms with Crippen LogP contribution in [0.5, 0.6) is 0 Å². The normalized spacial score (nSPS) is 10.6. The molecule has 3 aromatic rings. The van der Waals surface area contributed by atoms with E-state index in [1.165, 1.54) is 11.3 Å². The van der Waals surface area contributed by atoms with E-state index in [1.807, 2.05) is 17.5 Å². The summed E-state index contributed by atoms with van der Waals surface area (Å²) in [5.41, 5.74) is 1.13. The smallest absolute Gasteiger partial charge is 0.338 e. The fourth-order valence-electron chi connectivity index (χ4n) is 1.78. The number of carbonyl (C=O) groups is 1. The van der Waals surface area contributed by atoms with E-state index in [0.29, 0.717) is 11.4 Å². The Kier molecular flexibility index (Phi) is 4.27. The molecule has 0 aliphatic carbocycles. The first-order valence-electron chi connectivity index (χ1n) is 6.49. The van der Waals surface area contributed by atoms with Gasteiger partial charge in [0, 0.05) is 0 Å². The van der Waals surface area contributed by atoms with Crippen LogP contribution in [-0.4, -0.2) is 21.2 Å². The van der Waals surface area contributed by atoms with Crippen molar-refractivity contribution >= 4 is 17.3 Å². The van der Waals surface area contributed by atoms with Crippen LogP contribution in [0.4, 0.5) is 0 Å². The molecule has 0 saturated carbocycles. The number of hydrogen-bond acceptors (Lipinski definition) is 7. The average Bonchev–Trinajstić information content (AvgIpc) is 3.23. The fraction of sp³-hybridized carbons (Fsp3) is 0.133. The van der Waals surface area contributed by atoms with Gasteiger partial charge in [0.05, 0.1) is 17.0 Å². The summed E-state index contributed by atoms with van der Waals surface area (Å²) in [4.78, 5) is 16.9. The molecule has 2 heterocycles. The second kappa shape index (κ2) is 6.50. The molecule has 0 unspecified atom stereocenters. The molecular formula is C15H12N2O4S. The third kappa shape index (κ3) is 3.21. The lowest BCUT2D eigenvalue weighted by Crippen LogP contribution is -2.05. The van der Waals surface area contributed by atoms with Gasteiger partial charge in [-0.25, -0.2) is 4.79 Å². The minimum Gasteiger partial charge on any atom is -0.452 e. The molecule has 7 heteroatoms. The number of thiophene rings is 1. The molecule has 0 aliphatic heterocycles. The molecule has 112 valence electrons. The van der Waals surface area contributed by atoms with E-state index in [-0.39, 0.29) is 19.1 Å². The highest BCUT2D eigenvalue weighted by Crippen LogP contribution is 2.21. The van der Waals surface area contributed by atoms with E-state index in [4.69, 9.17) is 14.4 Å². The van der Waals surface area contributed by atoms with Crippen LogP contribution in [0.1, 0.15) is 21.8 Å². The molecule has 0 atom stereocenters. The number of esters is 1. The van der Waals surface area contributed by atoms with Crippen molar-refractivity contribution in [1.29, 1.82) is 0 Å². The number of hydrogen-bond donors (Lipinski definition) is 1. The molecule has 0 aliphatic rings. The topological polar surface area (TPSA) is 85.5 Å². The van der Waals surface area contributed by atoms with Gasteiger partial charge < -0.3 is 14.4 Å². The molecule has 2 aromatic heterocycles. The predicted molar refractivity (Wildman–Crippen MR) is 79.1 cm³/mol. The van der Waals surface area contributed by atoms with Crippen LogP contribution >= 0.6 is 11.3 Å². The quantitative estimate of drug-likeness (QED) is 0.728. The average molecular weight is 316 g/mol. The molecule has 1 N–H and O–H groups in total. The van der Waals surface area contributed by atoms with Crippen molar-refractivity contribution in [3.8, 4) is 10.7 Å². The van der Waals surface area contributed by atoms with Crippen LogP contribution < -0.4 is 0 Å². The summed E-state index contributed by atoms with van der Waals surface area (Å²) in [6, 6.07) is 10.3. The highest BCUT2D eigenvalue weighted by Gasteiger charge is 2.12. The maximum absolute atomic E-state index is 11.9. The van der Waals surface area contributed by atoms with Crippen molar-refractivity contribution in [2.24, 2.45) is 0 Å². The second-order valence-corrected chi connectivity index (χ2v) is 5.37. The van der Waals surface area contributed by atoms with Crippen molar-refractivity contribution < 1.29 is 19.2 Å². The Bertz CT molecular complexity index is 750. The highest BCUT2D eigenvalue weighted by molar-refractivity contribution is 7.13. The number of nitrogens with zero attached hydrogens (tertiary/aromatic N) is 2. The van der Waals surface area contributed by atoms with Crippen molar-refractivity contribution in [3.05, 3.63) is 58.8 Å². The Morgan fingerprint density at radius 3 is 2.77 bits per heavy atom. The first-order chi connectivity index (χ1) is 10.8. The van der Waals surface area contributed by atoms with Gasteiger partial charge in [-0.2, -0.15) is 4.98 Å². The highest BCUT2D eigenvalue weighted by atomic mass is 32.1. The summed E-state index contributed by atoms with van der Waals surface area (Å²) < 4.78 is 10.2. The van der Waals surface area contributed by atoms with Gasteiger partial charge in [-0.15, -0.1) is 11.3 Å². The summed E-state index contributed by atoms with van der Waals surface area (Å²) in [6.45, 7) is -0.151. The molecule has 0 radical (unpaired) electrons. The lowest BCUT2D eigenvalue weighted by molar-refractivity contribution is 0.0429. The minimum atomic E-state index is -0.486. The Morgan fingerprint density at radius 1 is 1.27 bits per heavy atom. The number of benzene rings is 1. The van der Waals surface area contributed by atoms with E-state index in [0.717, 1.165) is 10.4 Å². The zero-order valence-electron chi connectivity index (χ0n) is 11.4. The van der Waals surface area contributed by atoms with Gasteiger partial charge in [0.15, 0.2) is 6.61 Å².